The number of sulfonamides is 2. The average Bonchev–Trinajstić information content (AvgIpc) is 2.96. The Morgan fingerprint density at radius 1 is 0.738 bits per heavy atom. The number of nitrogens with one attached hydrogen (secondary N) is 2. The lowest BCUT2D eigenvalue weighted by atomic mass is 10.2. The summed E-state index contributed by atoms with van der Waals surface area (Å²) in [6.07, 6.45) is 0. The van der Waals surface area contributed by atoms with Gasteiger partial charge in [-0.05, 0) is 80.1 Å². The summed E-state index contributed by atoms with van der Waals surface area (Å²) in [5, 5.41) is 2.64. The lowest BCUT2D eigenvalue weighted by molar-refractivity contribution is -0.114. The lowest BCUT2D eigenvalue weighted by Gasteiger charge is -2.26. The molecule has 1 amide bonds. The molecule has 0 heterocycles. The van der Waals surface area contributed by atoms with Crippen LogP contribution in [0.3, 0.4) is 0 Å². The summed E-state index contributed by atoms with van der Waals surface area (Å²) in [6.45, 7) is 3.10. The molecule has 0 saturated heterocycles. The van der Waals surface area contributed by atoms with E-state index in [0.29, 0.717) is 11.4 Å². The van der Waals surface area contributed by atoms with Crippen LogP contribution >= 0.6 is 0 Å². The van der Waals surface area contributed by atoms with Gasteiger partial charge in [0.25, 0.3) is 20.0 Å². The molecule has 4 aromatic carbocycles. The van der Waals surface area contributed by atoms with Crippen LogP contribution in [-0.4, -0.2) is 43.5 Å². The minimum atomic E-state index is -4.21. The van der Waals surface area contributed by atoms with Crippen LogP contribution in [0.5, 0.6) is 11.5 Å². The number of hydrogen-bond acceptors (Lipinski definition) is 7. The number of carbonyl (C=O) groups is 1. The number of anilines is 3. The highest BCUT2D eigenvalue weighted by molar-refractivity contribution is 7.93. The zero-order valence-electron chi connectivity index (χ0n) is 23.5. The fourth-order valence-corrected chi connectivity index (χ4v) is 6.58. The molecule has 0 aliphatic carbocycles. The molecule has 220 valence electrons. The lowest BCUT2D eigenvalue weighted by Crippen LogP contribution is -2.38. The zero-order chi connectivity index (χ0) is 30.5. The minimum Gasteiger partial charge on any atom is -0.497 e. The second kappa shape index (κ2) is 12.5. The largest absolute Gasteiger partial charge is 0.497 e. The summed E-state index contributed by atoms with van der Waals surface area (Å²) < 4.78 is 67.3. The van der Waals surface area contributed by atoms with E-state index in [2.05, 4.69) is 10.0 Å². The van der Waals surface area contributed by atoms with Gasteiger partial charge in [0.2, 0.25) is 5.91 Å². The van der Waals surface area contributed by atoms with Gasteiger partial charge in [0, 0.05) is 17.4 Å². The van der Waals surface area contributed by atoms with Gasteiger partial charge >= 0.3 is 0 Å². The number of nitrogens with zero attached hydrogens (tertiary/aromatic N) is 1. The number of rotatable bonds is 11. The summed E-state index contributed by atoms with van der Waals surface area (Å²) in [5.41, 5.74) is 2.62. The van der Waals surface area contributed by atoms with Crippen molar-refractivity contribution in [2.75, 3.05) is 35.1 Å². The zero-order valence-corrected chi connectivity index (χ0v) is 25.1. The average molecular weight is 610 g/mol. The topological polar surface area (TPSA) is 131 Å². The predicted octanol–water partition coefficient (Wildman–Crippen LogP) is 4.96. The summed E-state index contributed by atoms with van der Waals surface area (Å²) in [5.74, 6) is -0.0229. The van der Waals surface area contributed by atoms with E-state index in [9.17, 15) is 21.6 Å². The molecule has 0 unspecified atom stereocenters. The highest BCUT2D eigenvalue weighted by Gasteiger charge is 2.30. The minimum absolute atomic E-state index is 0.00515. The van der Waals surface area contributed by atoms with Crippen molar-refractivity contribution < 1.29 is 31.1 Å². The van der Waals surface area contributed by atoms with Crippen LogP contribution in [0.2, 0.25) is 0 Å². The van der Waals surface area contributed by atoms with Crippen molar-refractivity contribution >= 4 is 43.0 Å². The quantitative estimate of drug-likeness (QED) is 0.246. The van der Waals surface area contributed by atoms with Gasteiger partial charge in [-0.15, -0.1) is 0 Å². The highest BCUT2D eigenvalue weighted by Crippen LogP contribution is 2.35. The van der Waals surface area contributed by atoms with Gasteiger partial charge in [0.15, 0.2) is 0 Å². The van der Waals surface area contributed by atoms with E-state index >= 15 is 0 Å². The predicted molar refractivity (Wildman–Crippen MR) is 162 cm³/mol. The van der Waals surface area contributed by atoms with E-state index in [1.807, 2.05) is 19.9 Å². The van der Waals surface area contributed by atoms with Crippen LogP contribution in [0.15, 0.2) is 101 Å². The van der Waals surface area contributed by atoms with Crippen molar-refractivity contribution in [1.29, 1.82) is 0 Å². The molecular weight excluding hydrogens is 578 g/mol. The highest BCUT2D eigenvalue weighted by atomic mass is 32.2. The van der Waals surface area contributed by atoms with Crippen molar-refractivity contribution in [2.45, 2.75) is 23.6 Å². The van der Waals surface area contributed by atoms with Crippen LogP contribution in [0.25, 0.3) is 0 Å². The first-order chi connectivity index (χ1) is 19.9. The molecule has 0 bridgehead atoms. The normalized spacial score (nSPS) is 11.4. The van der Waals surface area contributed by atoms with E-state index < -0.39 is 32.5 Å². The van der Waals surface area contributed by atoms with Crippen molar-refractivity contribution in [1.82, 2.24) is 0 Å². The molecule has 0 radical (unpaired) electrons. The summed E-state index contributed by atoms with van der Waals surface area (Å²) in [7, 11) is -5.22. The molecule has 0 spiro atoms. The molecule has 10 nitrogen and oxygen atoms in total. The van der Waals surface area contributed by atoms with Crippen molar-refractivity contribution in [3.8, 4) is 11.5 Å². The number of benzene rings is 4. The Bertz CT molecular complexity index is 1790. The van der Waals surface area contributed by atoms with Gasteiger partial charge in [-0.3, -0.25) is 13.8 Å². The summed E-state index contributed by atoms with van der Waals surface area (Å²) in [6, 6.07) is 23.4. The molecule has 0 atom stereocenters. The Morgan fingerprint density at radius 3 is 2.02 bits per heavy atom. The van der Waals surface area contributed by atoms with Crippen LogP contribution in [-0.2, 0) is 24.8 Å². The second-order valence-electron chi connectivity index (χ2n) is 9.41. The van der Waals surface area contributed by atoms with Gasteiger partial charge in [-0.2, -0.15) is 0 Å². The Balaban J connectivity index is 1.59. The van der Waals surface area contributed by atoms with Crippen LogP contribution < -0.4 is 23.8 Å². The number of amides is 1. The molecule has 0 fully saturated rings. The molecule has 12 heteroatoms. The molecule has 0 aliphatic rings. The first-order valence-corrected chi connectivity index (χ1v) is 15.7. The maximum atomic E-state index is 13.8. The SMILES string of the molecule is COc1ccc(N(CC(=O)Nc2ccc(S(=O)(=O)Nc3cccc(C)c3)cc2)S(=O)(=O)c2ccc(C)cc2)c(OC)c1. The first kappa shape index (κ1) is 30.4. The standard InChI is InChI=1S/C30H31N3O7S2/c1-21-8-13-27(14-9-21)42(37,38)33(28-17-12-25(39-3)19-29(28)40-4)20-30(34)31-23-10-15-26(16-11-23)41(35,36)32-24-7-5-6-22(2)18-24/h5-19,32H,20H2,1-4H3,(H,31,34). The van der Waals surface area contributed by atoms with Gasteiger partial charge in [-0.1, -0.05) is 29.8 Å². The van der Waals surface area contributed by atoms with E-state index in [4.69, 9.17) is 9.47 Å². The van der Waals surface area contributed by atoms with Gasteiger partial charge in [0.05, 0.1) is 29.7 Å². The molecular formula is C30H31N3O7S2. The Kier molecular flexibility index (Phi) is 9.08. The Morgan fingerprint density at radius 2 is 1.40 bits per heavy atom. The maximum absolute atomic E-state index is 13.8. The molecule has 2 N–H and O–H groups in total. The summed E-state index contributed by atoms with van der Waals surface area (Å²) in [4.78, 5) is 13.2. The fraction of sp³-hybridized carbons (Fsp3) is 0.167. The van der Waals surface area contributed by atoms with Crippen molar-refractivity contribution in [3.63, 3.8) is 0 Å². The molecule has 4 aromatic rings. The third-order valence-corrected chi connectivity index (χ3v) is 9.44. The van der Waals surface area contributed by atoms with Gasteiger partial charge < -0.3 is 14.8 Å². The van der Waals surface area contributed by atoms with Crippen molar-refractivity contribution in [2.24, 2.45) is 0 Å². The van der Waals surface area contributed by atoms with Crippen LogP contribution in [0.4, 0.5) is 17.1 Å². The smallest absolute Gasteiger partial charge is 0.264 e. The first-order valence-electron chi connectivity index (χ1n) is 12.7. The molecule has 0 aliphatic heterocycles. The molecule has 0 aromatic heterocycles. The Hall–Kier alpha value is -4.55. The summed E-state index contributed by atoms with van der Waals surface area (Å²) >= 11 is 0. The number of hydrogen-bond donors (Lipinski definition) is 2. The van der Waals surface area contributed by atoms with E-state index in [-0.39, 0.29) is 26.9 Å². The third-order valence-electron chi connectivity index (χ3n) is 6.27. The fourth-order valence-electron chi connectivity index (χ4n) is 4.10. The van der Waals surface area contributed by atoms with E-state index in [1.54, 1.807) is 36.4 Å². The van der Waals surface area contributed by atoms with Gasteiger partial charge in [-0.25, -0.2) is 16.8 Å². The molecule has 0 saturated carbocycles. The van der Waals surface area contributed by atoms with Crippen molar-refractivity contribution in [3.05, 3.63) is 102 Å². The second-order valence-corrected chi connectivity index (χ2v) is 13.0. The number of methoxy groups -OCH3 is 2. The molecule has 4 rings (SSSR count). The number of aryl methyl sites for hydroxylation is 2. The third kappa shape index (κ3) is 7.01. The Labute approximate surface area is 246 Å². The van der Waals surface area contributed by atoms with Crippen LogP contribution in [0, 0.1) is 13.8 Å². The molecule has 42 heavy (non-hydrogen) atoms. The van der Waals surface area contributed by atoms with E-state index in [1.165, 1.54) is 62.8 Å². The van der Waals surface area contributed by atoms with E-state index in [0.717, 1.165) is 15.4 Å². The number of ether oxygens (including phenoxy) is 2. The van der Waals surface area contributed by atoms with Crippen LogP contribution in [0.1, 0.15) is 11.1 Å². The monoisotopic (exact) mass is 609 g/mol. The maximum Gasteiger partial charge on any atom is 0.264 e. The van der Waals surface area contributed by atoms with Gasteiger partial charge in [0.1, 0.15) is 18.0 Å². The number of carbonyl (C=O) groups excluding carboxylic acids is 1.